The van der Waals surface area contributed by atoms with Gasteiger partial charge in [-0.15, -0.1) is 0 Å². The fourth-order valence-electron chi connectivity index (χ4n) is 4.20. The maximum Gasteiger partial charge on any atom is 0.325 e. The number of hydrogen-bond acceptors (Lipinski definition) is 9. The van der Waals surface area contributed by atoms with Crippen molar-refractivity contribution in [2.24, 2.45) is 22.9 Å². The molecule has 0 aromatic heterocycles. The summed E-state index contributed by atoms with van der Waals surface area (Å²) in [4.78, 5) is 77.6. The Hall–Kier alpha value is -4.77. The van der Waals surface area contributed by atoms with Gasteiger partial charge in [-0.3, -0.25) is 39.1 Å². The van der Waals surface area contributed by atoms with Crippen LogP contribution in [-0.2, 0) is 28.8 Å². The average Bonchev–Trinajstić information content (AvgIpc) is 2.98. The van der Waals surface area contributed by atoms with Gasteiger partial charge in [0.25, 0.3) is 0 Å². The number of nitrogens with zero attached hydrogens (tertiary/aromatic N) is 1. The van der Waals surface area contributed by atoms with Crippen LogP contribution in [0.25, 0.3) is 0 Å². The summed E-state index contributed by atoms with van der Waals surface area (Å²) in [5.74, 6) is -5.61. The summed E-state index contributed by atoms with van der Waals surface area (Å²) in [7, 11) is 0. The molecule has 0 fully saturated rings. The van der Waals surface area contributed by atoms with Crippen LogP contribution in [0.2, 0.25) is 0 Å². The number of hydrogen-bond donors (Lipinski definition) is 10. The minimum absolute atomic E-state index is 0.0239. The molecule has 0 radical (unpaired) electrons. The molecule has 14 N–H and O–H groups in total. The van der Waals surface area contributed by atoms with Gasteiger partial charge < -0.3 is 49.3 Å². The molecular formula is C28H46N10O7. The maximum absolute atomic E-state index is 14.1. The molecule has 0 aliphatic rings. The SMILES string of the molecule is CC(NC(=O)C(C)N(C(=O)C(CCCNC(=N)N)NC(=O)C(CC(N)=O)NC(=O)C(N)CCCCN)c1ccccc1)C(=O)O. The zero-order valence-corrected chi connectivity index (χ0v) is 25.6. The molecule has 1 aromatic carbocycles. The molecule has 0 spiro atoms. The Kier molecular flexibility index (Phi) is 16.6. The molecule has 5 unspecified atom stereocenters. The predicted molar refractivity (Wildman–Crippen MR) is 166 cm³/mol. The van der Waals surface area contributed by atoms with Crippen LogP contribution in [0.1, 0.15) is 52.4 Å². The predicted octanol–water partition coefficient (Wildman–Crippen LogP) is -2.44. The van der Waals surface area contributed by atoms with Gasteiger partial charge in [-0.2, -0.15) is 0 Å². The van der Waals surface area contributed by atoms with Gasteiger partial charge >= 0.3 is 5.97 Å². The van der Waals surface area contributed by atoms with Crippen molar-refractivity contribution in [1.82, 2.24) is 21.3 Å². The van der Waals surface area contributed by atoms with Gasteiger partial charge in [0, 0.05) is 12.2 Å². The number of carbonyl (C=O) groups excluding carboxylic acids is 5. The third kappa shape index (κ3) is 13.6. The van der Waals surface area contributed by atoms with E-state index in [1.54, 1.807) is 30.3 Å². The van der Waals surface area contributed by atoms with Crippen LogP contribution in [0, 0.1) is 5.41 Å². The van der Waals surface area contributed by atoms with E-state index in [-0.39, 0.29) is 37.5 Å². The molecule has 0 saturated heterocycles. The molecule has 45 heavy (non-hydrogen) atoms. The van der Waals surface area contributed by atoms with Crippen LogP contribution in [-0.4, -0.2) is 89.9 Å². The normalized spacial score (nSPS) is 14.0. The number of aliphatic carboxylic acids is 1. The van der Waals surface area contributed by atoms with E-state index in [1.807, 2.05) is 0 Å². The summed E-state index contributed by atoms with van der Waals surface area (Å²) in [6.07, 6.45) is 1.09. The van der Waals surface area contributed by atoms with Gasteiger partial charge in [0.15, 0.2) is 5.96 Å². The van der Waals surface area contributed by atoms with Crippen molar-refractivity contribution in [3.05, 3.63) is 30.3 Å². The number of amides is 5. The van der Waals surface area contributed by atoms with E-state index in [0.29, 0.717) is 19.4 Å². The van der Waals surface area contributed by atoms with Crippen LogP contribution in [0.15, 0.2) is 30.3 Å². The molecule has 250 valence electrons. The third-order valence-electron chi connectivity index (χ3n) is 6.71. The molecule has 5 atom stereocenters. The number of guanidine groups is 1. The fourth-order valence-corrected chi connectivity index (χ4v) is 4.20. The van der Waals surface area contributed by atoms with E-state index in [4.69, 9.17) is 28.3 Å². The monoisotopic (exact) mass is 634 g/mol. The van der Waals surface area contributed by atoms with Crippen molar-refractivity contribution >= 4 is 47.2 Å². The van der Waals surface area contributed by atoms with Crippen molar-refractivity contribution in [1.29, 1.82) is 5.41 Å². The number of rotatable bonds is 20. The van der Waals surface area contributed by atoms with E-state index in [9.17, 15) is 33.9 Å². The Morgan fingerprint density at radius 2 is 1.49 bits per heavy atom. The Labute approximate surface area is 261 Å². The standard InChI is InChI=1S/C28H46N10O7/c1-16(27(44)45)35-23(40)17(2)38(18-9-4-3-5-10-18)26(43)20(12-8-14-34-28(32)33)36-25(42)21(15-22(31)39)37-24(41)19(30)11-6-7-13-29/h3-5,9-10,16-17,19-21H,6-8,11-15,29-30H2,1-2H3,(H2,31,39)(H,35,40)(H,36,42)(H,37,41)(H,44,45)(H4,32,33,34). The molecule has 17 nitrogen and oxygen atoms in total. The molecule has 0 aliphatic heterocycles. The van der Waals surface area contributed by atoms with Crippen molar-refractivity contribution in [2.45, 2.75) is 82.6 Å². The van der Waals surface area contributed by atoms with Crippen LogP contribution in [0.4, 0.5) is 5.69 Å². The van der Waals surface area contributed by atoms with Crippen molar-refractivity contribution < 1.29 is 33.9 Å². The second-order valence-electron chi connectivity index (χ2n) is 10.5. The molecule has 17 heteroatoms. The Morgan fingerprint density at radius 1 is 0.867 bits per heavy atom. The van der Waals surface area contributed by atoms with Crippen LogP contribution in [0.3, 0.4) is 0 Å². The first kappa shape index (κ1) is 38.3. The number of carboxylic acid groups (broad SMARTS) is 1. The number of unbranched alkanes of at least 4 members (excludes halogenated alkanes) is 1. The summed E-state index contributed by atoms with van der Waals surface area (Å²) in [6.45, 7) is 3.24. The molecule has 0 aliphatic carbocycles. The smallest absolute Gasteiger partial charge is 0.325 e. The number of primary amides is 1. The summed E-state index contributed by atoms with van der Waals surface area (Å²) >= 11 is 0. The molecule has 1 aromatic rings. The molecule has 5 amide bonds. The maximum atomic E-state index is 14.1. The summed E-state index contributed by atoms with van der Waals surface area (Å²) < 4.78 is 0. The first-order valence-electron chi connectivity index (χ1n) is 14.5. The number of nitrogens with one attached hydrogen (secondary N) is 5. The highest BCUT2D eigenvalue weighted by Crippen LogP contribution is 2.20. The highest BCUT2D eigenvalue weighted by molar-refractivity contribution is 6.05. The van der Waals surface area contributed by atoms with Crippen molar-refractivity contribution in [2.75, 3.05) is 18.0 Å². The van der Waals surface area contributed by atoms with Crippen molar-refractivity contribution in [3.63, 3.8) is 0 Å². The minimum Gasteiger partial charge on any atom is -0.480 e. The van der Waals surface area contributed by atoms with Gasteiger partial charge in [-0.1, -0.05) is 24.6 Å². The molecule has 0 bridgehead atoms. The second kappa shape index (κ2) is 19.5. The topological polar surface area (TPSA) is 302 Å². The average molecular weight is 635 g/mol. The number of anilines is 1. The number of carbonyl (C=O) groups is 6. The highest BCUT2D eigenvalue weighted by atomic mass is 16.4. The molecular weight excluding hydrogens is 588 g/mol. The molecule has 0 saturated carbocycles. The van der Waals surface area contributed by atoms with E-state index < -0.39 is 72.1 Å². The Balaban J connectivity index is 3.38. The third-order valence-corrected chi connectivity index (χ3v) is 6.71. The number of nitrogens with two attached hydrogens (primary N) is 4. The van der Waals surface area contributed by atoms with Crippen molar-refractivity contribution in [3.8, 4) is 0 Å². The van der Waals surface area contributed by atoms with E-state index >= 15 is 0 Å². The lowest BCUT2D eigenvalue weighted by Crippen LogP contribution is -2.59. The van der Waals surface area contributed by atoms with Gasteiger partial charge in [-0.05, 0) is 58.2 Å². The van der Waals surface area contributed by atoms with Crippen LogP contribution in [0.5, 0.6) is 0 Å². The largest absolute Gasteiger partial charge is 0.480 e. The minimum atomic E-state index is -1.47. The molecule has 1 rings (SSSR count). The van der Waals surface area contributed by atoms with Crippen LogP contribution < -0.4 is 49.1 Å². The Bertz CT molecular complexity index is 1180. The lowest BCUT2D eigenvalue weighted by atomic mass is 10.0. The summed E-state index contributed by atoms with van der Waals surface area (Å²) in [5, 5.41) is 26.5. The van der Waals surface area contributed by atoms with Gasteiger partial charge in [0.05, 0.1) is 12.5 Å². The fraction of sp³-hybridized carbons (Fsp3) is 0.536. The zero-order valence-electron chi connectivity index (χ0n) is 25.6. The number of benzene rings is 1. The van der Waals surface area contributed by atoms with Crippen LogP contribution >= 0.6 is 0 Å². The van der Waals surface area contributed by atoms with Gasteiger partial charge in [0.2, 0.25) is 29.5 Å². The first-order valence-corrected chi connectivity index (χ1v) is 14.5. The molecule has 0 heterocycles. The van der Waals surface area contributed by atoms with Gasteiger partial charge in [0.1, 0.15) is 24.2 Å². The summed E-state index contributed by atoms with van der Waals surface area (Å²) in [6, 6.07) is 1.79. The quantitative estimate of drug-likeness (QED) is 0.0408. The highest BCUT2D eigenvalue weighted by Gasteiger charge is 2.35. The van der Waals surface area contributed by atoms with Gasteiger partial charge in [-0.25, -0.2) is 0 Å². The first-order chi connectivity index (χ1) is 21.2. The lowest BCUT2D eigenvalue weighted by molar-refractivity contribution is -0.141. The number of para-hydroxylation sites is 1. The lowest BCUT2D eigenvalue weighted by Gasteiger charge is -2.33. The Morgan fingerprint density at radius 3 is 2.04 bits per heavy atom. The zero-order chi connectivity index (χ0) is 34.1. The number of carboxylic acids is 1. The second-order valence-corrected chi connectivity index (χ2v) is 10.5. The van der Waals surface area contributed by atoms with E-state index in [1.165, 1.54) is 13.8 Å². The summed E-state index contributed by atoms with van der Waals surface area (Å²) in [5.41, 5.74) is 22.4. The van der Waals surface area contributed by atoms with E-state index in [2.05, 4.69) is 21.3 Å². The van der Waals surface area contributed by atoms with E-state index in [0.717, 1.165) is 4.90 Å².